The minimum absolute atomic E-state index is 0.0276. The second-order valence-electron chi connectivity index (χ2n) is 13.7. The highest BCUT2D eigenvalue weighted by Crippen LogP contribution is 2.43. The van der Waals surface area contributed by atoms with Gasteiger partial charge in [-0.25, -0.2) is 13.2 Å². The number of alkyl halides is 1. The van der Waals surface area contributed by atoms with E-state index in [2.05, 4.69) is 24.7 Å². The summed E-state index contributed by atoms with van der Waals surface area (Å²) in [4.78, 5) is 20.2. The van der Waals surface area contributed by atoms with Crippen LogP contribution in [0, 0.1) is 11.6 Å². The number of anilines is 1. The zero-order valence-electron chi connectivity index (χ0n) is 25.7. The predicted octanol–water partition coefficient (Wildman–Crippen LogP) is 4.15. The first-order valence-electron chi connectivity index (χ1n) is 16.4. The predicted molar refractivity (Wildman–Crippen MR) is 167 cm³/mol. The van der Waals surface area contributed by atoms with Gasteiger partial charge >= 0.3 is 6.01 Å². The van der Waals surface area contributed by atoms with Gasteiger partial charge in [0.25, 0.3) is 0 Å². The molecule has 2 aromatic heterocycles. The van der Waals surface area contributed by atoms with Crippen LogP contribution in [-0.2, 0) is 4.74 Å². The quantitative estimate of drug-likeness (QED) is 0.284. The fraction of sp³-hybridized carbons (Fsp3) is 0.500. The minimum Gasteiger partial charge on any atom is -0.508 e. The Labute approximate surface area is 268 Å². The number of halogens is 3. The van der Waals surface area contributed by atoms with Crippen LogP contribution in [0.1, 0.15) is 32.1 Å². The van der Waals surface area contributed by atoms with Crippen molar-refractivity contribution in [3.05, 3.63) is 48.2 Å². The zero-order valence-corrected chi connectivity index (χ0v) is 25.7. The maximum Gasteiger partial charge on any atom is 0.319 e. The SMILES string of the molecule is Oc1cc(-c2ncc3c(N4CC5CCC(C4)N5C(O)[C@H]4CO4)nc(OC[C@@]45CCCN4C[C@H](F)C5)nc3c2F)c2c(F)cccc2c1. The Hall–Kier alpha value is -3.78. The number of ether oxygens (including phenoxy) is 2. The Morgan fingerprint density at radius 3 is 2.70 bits per heavy atom. The number of pyridine rings is 1. The summed E-state index contributed by atoms with van der Waals surface area (Å²) in [6.45, 7) is 2.98. The lowest BCUT2D eigenvalue weighted by Gasteiger charge is -2.43. The smallest absolute Gasteiger partial charge is 0.319 e. The fourth-order valence-corrected chi connectivity index (χ4v) is 8.68. The Morgan fingerprint density at radius 2 is 1.91 bits per heavy atom. The number of phenols is 1. The van der Waals surface area contributed by atoms with Crippen LogP contribution >= 0.6 is 0 Å². The molecule has 4 aromatic rings. The molecule has 0 radical (unpaired) electrons. The van der Waals surface area contributed by atoms with Gasteiger partial charge in [0, 0.05) is 55.3 Å². The average molecular weight is 649 g/mol. The van der Waals surface area contributed by atoms with Gasteiger partial charge in [0.05, 0.1) is 17.5 Å². The molecule has 0 saturated carbocycles. The van der Waals surface area contributed by atoms with Crippen LogP contribution in [0.4, 0.5) is 19.0 Å². The maximum absolute atomic E-state index is 16.8. The summed E-state index contributed by atoms with van der Waals surface area (Å²) >= 11 is 0. The molecule has 7 heterocycles. The molecule has 5 aliphatic rings. The molecule has 5 aliphatic heterocycles. The standard InChI is InChI=1S/C34H35F3N6O4/c35-19-11-34(7-2-8-42(34)13-19)17-47-33-39-30-24(31(40-33)41-14-20-5-6-21(15-41)43(20)32(45)26-16-46-26)12-38-29(28(30)37)23-10-22(44)9-18-3-1-4-25(36)27(18)23/h1,3-4,9-10,12,19-21,26,32,44-45H,2,5-8,11,13-17H2/t19-,20?,21?,26-,32?,34+/m1/s1. The van der Waals surface area contributed by atoms with Crippen molar-refractivity contribution >= 4 is 27.5 Å². The third-order valence-electron chi connectivity index (χ3n) is 10.9. The number of piperazine rings is 1. The first-order chi connectivity index (χ1) is 22.8. The van der Waals surface area contributed by atoms with E-state index in [0.717, 1.165) is 32.2 Å². The van der Waals surface area contributed by atoms with Gasteiger partial charge in [-0.1, -0.05) is 12.1 Å². The van der Waals surface area contributed by atoms with Crippen molar-refractivity contribution in [1.29, 1.82) is 0 Å². The van der Waals surface area contributed by atoms with E-state index in [-0.39, 0.29) is 58.7 Å². The number of aromatic hydroxyl groups is 1. The molecule has 47 heavy (non-hydrogen) atoms. The highest BCUT2D eigenvalue weighted by atomic mass is 19.1. The van der Waals surface area contributed by atoms with E-state index in [0.29, 0.717) is 49.3 Å². The molecule has 2 aromatic carbocycles. The summed E-state index contributed by atoms with van der Waals surface area (Å²) in [5.74, 6) is -1.05. The summed E-state index contributed by atoms with van der Waals surface area (Å²) in [7, 11) is 0. The molecular formula is C34H35F3N6O4. The molecule has 3 unspecified atom stereocenters. The molecule has 0 spiro atoms. The summed E-state index contributed by atoms with van der Waals surface area (Å²) < 4.78 is 58.0. The number of benzene rings is 2. The molecular weight excluding hydrogens is 613 g/mol. The number of phenolic OH excluding ortho intramolecular Hbond substituents is 1. The van der Waals surface area contributed by atoms with Crippen molar-refractivity contribution in [2.24, 2.45) is 0 Å². The van der Waals surface area contributed by atoms with Gasteiger partial charge in [0.2, 0.25) is 0 Å². The van der Waals surface area contributed by atoms with Crippen molar-refractivity contribution in [1.82, 2.24) is 24.8 Å². The van der Waals surface area contributed by atoms with E-state index in [4.69, 9.17) is 14.5 Å². The van der Waals surface area contributed by atoms with E-state index in [1.165, 1.54) is 30.5 Å². The third-order valence-corrected chi connectivity index (χ3v) is 10.9. The molecule has 13 heteroatoms. The lowest BCUT2D eigenvalue weighted by molar-refractivity contribution is -0.0513. The summed E-state index contributed by atoms with van der Waals surface area (Å²) in [6, 6.07) is 7.24. The molecule has 6 atom stereocenters. The lowest BCUT2D eigenvalue weighted by atomic mass is 9.95. The van der Waals surface area contributed by atoms with E-state index in [9.17, 15) is 14.6 Å². The third kappa shape index (κ3) is 4.81. The van der Waals surface area contributed by atoms with Gasteiger partial charge in [0.15, 0.2) is 5.82 Å². The van der Waals surface area contributed by atoms with Gasteiger partial charge in [-0.2, -0.15) is 9.97 Å². The van der Waals surface area contributed by atoms with E-state index in [1.807, 2.05) is 0 Å². The highest BCUT2D eigenvalue weighted by molar-refractivity contribution is 6.00. The normalized spacial score (nSPS) is 29.6. The van der Waals surface area contributed by atoms with Crippen molar-refractivity contribution in [2.75, 3.05) is 44.3 Å². The Kier molecular flexibility index (Phi) is 6.79. The first kappa shape index (κ1) is 29.4. The lowest BCUT2D eigenvalue weighted by Crippen LogP contribution is -2.58. The molecule has 5 saturated heterocycles. The van der Waals surface area contributed by atoms with E-state index >= 15 is 8.78 Å². The van der Waals surface area contributed by atoms with Crippen molar-refractivity contribution < 1.29 is 32.9 Å². The second kappa shape index (κ2) is 10.9. The van der Waals surface area contributed by atoms with E-state index < -0.39 is 29.6 Å². The average Bonchev–Trinajstić information content (AvgIpc) is 3.69. The van der Waals surface area contributed by atoms with Crippen LogP contribution in [0.2, 0.25) is 0 Å². The molecule has 5 fully saturated rings. The van der Waals surface area contributed by atoms with Crippen LogP contribution in [0.25, 0.3) is 32.9 Å². The minimum atomic E-state index is -0.932. The number of aliphatic hydroxyl groups excluding tert-OH is 1. The molecule has 0 aliphatic carbocycles. The van der Waals surface area contributed by atoms with Gasteiger partial charge in [-0.05, 0) is 55.8 Å². The number of hydrogen-bond acceptors (Lipinski definition) is 10. The summed E-state index contributed by atoms with van der Waals surface area (Å²) in [6.07, 6.45) is 3.62. The molecule has 0 amide bonds. The number of aromatic nitrogens is 3. The number of aliphatic hydroxyl groups is 1. The van der Waals surface area contributed by atoms with Crippen molar-refractivity contribution in [3.63, 3.8) is 0 Å². The Morgan fingerprint density at radius 1 is 1.11 bits per heavy atom. The summed E-state index contributed by atoms with van der Waals surface area (Å²) in [5.41, 5.74) is -0.555. The molecule has 246 valence electrons. The van der Waals surface area contributed by atoms with Crippen LogP contribution < -0.4 is 9.64 Å². The number of rotatable bonds is 7. The number of hydrogen-bond donors (Lipinski definition) is 2. The van der Waals surface area contributed by atoms with Gasteiger partial charge in [-0.3, -0.25) is 14.8 Å². The molecule has 2 N–H and O–H groups in total. The van der Waals surface area contributed by atoms with Crippen molar-refractivity contribution in [2.45, 2.75) is 68.2 Å². The highest BCUT2D eigenvalue weighted by Gasteiger charge is 2.50. The topological polar surface area (TPSA) is 111 Å². The number of fused-ring (bicyclic) bond motifs is 5. The van der Waals surface area contributed by atoms with Crippen LogP contribution in [-0.4, -0.2) is 110 Å². The largest absolute Gasteiger partial charge is 0.508 e. The monoisotopic (exact) mass is 648 g/mol. The zero-order chi connectivity index (χ0) is 32.0. The van der Waals surface area contributed by atoms with Gasteiger partial charge in [0.1, 0.15) is 53.7 Å². The van der Waals surface area contributed by atoms with Crippen LogP contribution in [0.3, 0.4) is 0 Å². The molecule has 9 rings (SSSR count). The first-order valence-corrected chi connectivity index (χ1v) is 16.4. The van der Waals surface area contributed by atoms with E-state index in [1.54, 1.807) is 6.07 Å². The number of nitrogens with zero attached hydrogens (tertiary/aromatic N) is 6. The molecule has 2 bridgehead atoms. The number of epoxide rings is 1. The fourth-order valence-electron chi connectivity index (χ4n) is 8.68. The Bertz CT molecular complexity index is 1880. The Balaban J connectivity index is 1.14. The maximum atomic E-state index is 16.8. The van der Waals surface area contributed by atoms with Crippen molar-refractivity contribution in [3.8, 4) is 23.0 Å². The van der Waals surface area contributed by atoms with Crippen LogP contribution in [0.15, 0.2) is 36.5 Å². The second-order valence-corrected chi connectivity index (χ2v) is 13.7. The van der Waals surface area contributed by atoms with Crippen LogP contribution in [0.5, 0.6) is 11.8 Å². The summed E-state index contributed by atoms with van der Waals surface area (Å²) in [5, 5.41) is 22.3. The molecule has 10 nitrogen and oxygen atoms in total. The van der Waals surface area contributed by atoms with Gasteiger partial charge < -0.3 is 24.6 Å². The van der Waals surface area contributed by atoms with Gasteiger partial charge in [-0.15, -0.1) is 0 Å².